The average Bonchev–Trinajstić information content (AvgIpc) is 3.07. The molecule has 2 heterocycles. The fourth-order valence-electron chi connectivity index (χ4n) is 3.64. The Labute approximate surface area is 120 Å². The van der Waals surface area contributed by atoms with Gasteiger partial charge in [0.1, 0.15) is 11.1 Å². The molecule has 3 rings (SSSR count). The molecule has 1 saturated heterocycles. The molecule has 3 nitrogen and oxygen atoms in total. The lowest BCUT2D eigenvalue weighted by Crippen LogP contribution is -2.41. The summed E-state index contributed by atoms with van der Waals surface area (Å²) < 4.78 is 5.34. The zero-order chi connectivity index (χ0) is 13.2. The highest BCUT2D eigenvalue weighted by Crippen LogP contribution is 2.37. The van der Waals surface area contributed by atoms with Crippen molar-refractivity contribution in [2.45, 2.75) is 57.7 Å². The second-order valence-electron chi connectivity index (χ2n) is 5.93. The Kier molecular flexibility index (Phi) is 4.20. The first-order chi connectivity index (χ1) is 9.28. The maximum absolute atomic E-state index is 5.34. The van der Waals surface area contributed by atoms with Crippen molar-refractivity contribution in [2.75, 3.05) is 13.7 Å². The summed E-state index contributed by atoms with van der Waals surface area (Å²) in [5.74, 6) is 0.963. The summed E-state index contributed by atoms with van der Waals surface area (Å²) in [5, 5.41) is 3.32. The topological polar surface area (TPSA) is 25.4 Å². The van der Waals surface area contributed by atoms with Gasteiger partial charge in [-0.25, -0.2) is 4.98 Å². The number of piperidine rings is 1. The van der Waals surface area contributed by atoms with Gasteiger partial charge in [-0.2, -0.15) is 0 Å². The molecule has 0 bridgehead atoms. The molecule has 3 atom stereocenters. The van der Waals surface area contributed by atoms with Crippen molar-refractivity contribution < 1.29 is 4.74 Å². The van der Waals surface area contributed by atoms with E-state index in [9.17, 15) is 0 Å². The van der Waals surface area contributed by atoms with E-state index in [0.717, 1.165) is 23.5 Å². The predicted octanol–water partition coefficient (Wildman–Crippen LogP) is 3.62. The van der Waals surface area contributed by atoms with Crippen LogP contribution in [0.15, 0.2) is 5.38 Å². The van der Waals surface area contributed by atoms with Crippen LogP contribution in [0.2, 0.25) is 0 Å². The van der Waals surface area contributed by atoms with E-state index in [0.29, 0.717) is 0 Å². The number of hydrogen-bond acceptors (Lipinski definition) is 4. The van der Waals surface area contributed by atoms with Crippen LogP contribution >= 0.6 is 11.3 Å². The highest BCUT2D eigenvalue weighted by molar-refractivity contribution is 7.09. The third-order valence-corrected chi connectivity index (χ3v) is 5.80. The highest BCUT2D eigenvalue weighted by Gasteiger charge is 2.34. The van der Waals surface area contributed by atoms with Crippen LogP contribution in [-0.4, -0.2) is 29.6 Å². The molecule has 0 N–H and O–H groups in total. The van der Waals surface area contributed by atoms with Gasteiger partial charge in [-0.3, -0.25) is 4.90 Å². The van der Waals surface area contributed by atoms with Crippen LogP contribution in [0.5, 0.6) is 0 Å². The molecule has 0 unspecified atom stereocenters. The van der Waals surface area contributed by atoms with E-state index in [1.54, 1.807) is 18.4 Å². The van der Waals surface area contributed by atoms with Crippen LogP contribution in [0.25, 0.3) is 0 Å². The van der Waals surface area contributed by atoms with Crippen LogP contribution in [0.3, 0.4) is 0 Å². The monoisotopic (exact) mass is 280 g/mol. The van der Waals surface area contributed by atoms with Crippen molar-refractivity contribution in [1.29, 1.82) is 0 Å². The molecule has 106 valence electrons. The average molecular weight is 280 g/mol. The highest BCUT2D eigenvalue weighted by atomic mass is 32.1. The smallest absolute Gasteiger partial charge is 0.122 e. The first-order valence-electron chi connectivity index (χ1n) is 7.49. The molecular weight excluding hydrogens is 256 g/mol. The molecule has 4 heteroatoms. The van der Waals surface area contributed by atoms with Crippen LogP contribution < -0.4 is 0 Å². The summed E-state index contributed by atoms with van der Waals surface area (Å²) >= 11 is 1.73. The SMILES string of the molecule is CO[C@H](C)c1nc(CN2CCC[C@H]3CCC[C@@H]32)cs1. The minimum atomic E-state index is 0.124. The molecule has 19 heavy (non-hydrogen) atoms. The number of likely N-dealkylation sites (tertiary alicyclic amines) is 1. The van der Waals surface area contributed by atoms with Crippen molar-refractivity contribution in [2.24, 2.45) is 5.92 Å². The Morgan fingerprint density at radius 2 is 2.26 bits per heavy atom. The maximum atomic E-state index is 5.34. The van der Waals surface area contributed by atoms with E-state index >= 15 is 0 Å². The number of aromatic nitrogens is 1. The molecular formula is C15H24N2OS. The van der Waals surface area contributed by atoms with Gasteiger partial charge in [0, 0.05) is 25.1 Å². The van der Waals surface area contributed by atoms with Gasteiger partial charge in [-0.1, -0.05) is 6.42 Å². The van der Waals surface area contributed by atoms with Crippen molar-refractivity contribution >= 4 is 11.3 Å². The molecule has 0 aromatic carbocycles. The van der Waals surface area contributed by atoms with Crippen LogP contribution in [0.4, 0.5) is 0 Å². The quantitative estimate of drug-likeness (QED) is 0.842. The molecule has 1 aliphatic heterocycles. The molecule has 1 aromatic rings. The number of hydrogen-bond donors (Lipinski definition) is 0. The lowest BCUT2D eigenvalue weighted by atomic mass is 9.92. The van der Waals surface area contributed by atoms with Crippen molar-refractivity contribution in [3.05, 3.63) is 16.1 Å². The van der Waals surface area contributed by atoms with Gasteiger partial charge in [0.2, 0.25) is 0 Å². The molecule has 0 amide bonds. The summed E-state index contributed by atoms with van der Waals surface area (Å²) in [6.45, 7) is 4.36. The fraction of sp³-hybridized carbons (Fsp3) is 0.800. The fourth-order valence-corrected chi connectivity index (χ4v) is 4.49. The van der Waals surface area contributed by atoms with E-state index in [1.807, 2.05) is 0 Å². The number of fused-ring (bicyclic) bond motifs is 1. The van der Waals surface area contributed by atoms with Crippen molar-refractivity contribution in [3.63, 3.8) is 0 Å². The van der Waals surface area contributed by atoms with Gasteiger partial charge >= 0.3 is 0 Å². The molecule has 1 saturated carbocycles. The summed E-state index contributed by atoms with van der Waals surface area (Å²) in [6.07, 6.45) is 7.21. The lowest BCUT2D eigenvalue weighted by Gasteiger charge is -2.37. The van der Waals surface area contributed by atoms with Crippen LogP contribution in [0, 0.1) is 5.92 Å². The first-order valence-corrected chi connectivity index (χ1v) is 8.37. The molecule has 0 radical (unpaired) electrons. The largest absolute Gasteiger partial charge is 0.375 e. The minimum Gasteiger partial charge on any atom is -0.375 e. The van der Waals surface area contributed by atoms with Gasteiger partial charge in [-0.05, 0) is 45.1 Å². The lowest BCUT2D eigenvalue weighted by molar-refractivity contribution is 0.103. The Morgan fingerprint density at radius 3 is 3.11 bits per heavy atom. The number of thiazole rings is 1. The van der Waals surface area contributed by atoms with Gasteiger partial charge in [0.05, 0.1) is 5.69 Å². The summed E-state index contributed by atoms with van der Waals surface area (Å²) in [6, 6.07) is 0.832. The van der Waals surface area contributed by atoms with Crippen molar-refractivity contribution in [3.8, 4) is 0 Å². The van der Waals surface area contributed by atoms with Crippen LogP contribution in [0.1, 0.15) is 55.8 Å². The molecule has 2 aliphatic rings. The second-order valence-corrected chi connectivity index (χ2v) is 6.82. The standard InChI is InChI=1S/C15H24N2OS/c1-11(18-2)15-16-13(10-19-15)9-17-8-4-6-12-5-3-7-14(12)17/h10-12,14H,3-9H2,1-2H3/t11-,12-,14+/m1/s1. The van der Waals surface area contributed by atoms with E-state index in [-0.39, 0.29) is 6.10 Å². The Balaban J connectivity index is 1.65. The Morgan fingerprint density at radius 1 is 1.42 bits per heavy atom. The summed E-state index contributed by atoms with van der Waals surface area (Å²) in [7, 11) is 1.75. The zero-order valence-corrected chi connectivity index (χ0v) is 12.8. The maximum Gasteiger partial charge on any atom is 0.122 e. The zero-order valence-electron chi connectivity index (χ0n) is 12.0. The molecule has 1 aliphatic carbocycles. The Hall–Kier alpha value is -0.450. The third-order valence-electron chi connectivity index (χ3n) is 4.74. The first kappa shape index (κ1) is 13.5. The number of nitrogens with zero attached hydrogens (tertiary/aromatic N) is 2. The second kappa shape index (κ2) is 5.90. The van der Waals surface area contributed by atoms with E-state index < -0.39 is 0 Å². The number of rotatable bonds is 4. The Bertz CT molecular complexity index is 420. The van der Waals surface area contributed by atoms with Gasteiger partial charge in [0.25, 0.3) is 0 Å². The molecule has 1 aromatic heterocycles. The van der Waals surface area contributed by atoms with Gasteiger partial charge < -0.3 is 4.74 Å². The van der Waals surface area contributed by atoms with Crippen molar-refractivity contribution in [1.82, 2.24) is 9.88 Å². The normalized spacial score (nSPS) is 29.4. The summed E-state index contributed by atoms with van der Waals surface area (Å²) in [4.78, 5) is 7.42. The molecule has 0 spiro atoms. The predicted molar refractivity (Wildman–Crippen MR) is 78.3 cm³/mol. The third kappa shape index (κ3) is 2.86. The van der Waals surface area contributed by atoms with E-state index in [2.05, 4.69) is 17.2 Å². The number of ether oxygens (including phenoxy) is 1. The minimum absolute atomic E-state index is 0.124. The molecule has 2 fully saturated rings. The van der Waals surface area contributed by atoms with E-state index in [1.165, 1.54) is 44.3 Å². The van der Waals surface area contributed by atoms with Gasteiger partial charge in [0.15, 0.2) is 0 Å². The van der Waals surface area contributed by atoms with E-state index in [4.69, 9.17) is 9.72 Å². The summed E-state index contributed by atoms with van der Waals surface area (Å²) in [5.41, 5.74) is 1.23. The van der Waals surface area contributed by atoms with Gasteiger partial charge in [-0.15, -0.1) is 11.3 Å². The number of methoxy groups -OCH3 is 1. The van der Waals surface area contributed by atoms with Crippen LogP contribution in [-0.2, 0) is 11.3 Å².